The molecular weight excluding hydrogens is 214 g/mol. The Morgan fingerprint density at radius 2 is 2.29 bits per heavy atom. The predicted molar refractivity (Wildman–Crippen MR) is 68.0 cm³/mol. The van der Waals surface area contributed by atoms with Gasteiger partial charge in [0.1, 0.15) is 5.78 Å². The van der Waals surface area contributed by atoms with Crippen LogP contribution in [0.1, 0.15) is 39.5 Å². The summed E-state index contributed by atoms with van der Waals surface area (Å²) < 4.78 is 5.67. The Hall–Kier alpha value is -0.410. The second-order valence-electron chi connectivity index (χ2n) is 5.70. The van der Waals surface area contributed by atoms with Gasteiger partial charge in [-0.3, -0.25) is 9.69 Å². The molecule has 3 atom stereocenters. The molecular formula is C14H25NO2. The van der Waals surface area contributed by atoms with Crippen molar-refractivity contribution in [3.8, 4) is 0 Å². The maximum atomic E-state index is 11.9. The van der Waals surface area contributed by atoms with Crippen molar-refractivity contribution < 1.29 is 9.53 Å². The predicted octanol–water partition coefficient (Wildman–Crippen LogP) is 2.10. The lowest BCUT2D eigenvalue weighted by Gasteiger charge is -2.36. The Labute approximate surface area is 105 Å². The minimum absolute atomic E-state index is 0.286. The minimum atomic E-state index is 0.286. The van der Waals surface area contributed by atoms with Crippen LogP contribution in [0.5, 0.6) is 0 Å². The molecule has 98 valence electrons. The van der Waals surface area contributed by atoms with Crippen LogP contribution < -0.4 is 0 Å². The average Bonchev–Trinajstić information content (AvgIpc) is 2.34. The molecule has 0 spiro atoms. The third kappa shape index (κ3) is 3.52. The number of ether oxygens (including phenoxy) is 1. The summed E-state index contributed by atoms with van der Waals surface area (Å²) in [4.78, 5) is 14.3. The molecule has 2 rings (SSSR count). The first kappa shape index (κ1) is 13.0. The highest BCUT2D eigenvalue weighted by molar-refractivity contribution is 5.81. The van der Waals surface area contributed by atoms with E-state index in [9.17, 15) is 4.79 Å². The summed E-state index contributed by atoms with van der Waals surface area (Å²) in [6.07, 6.45) is 4.43. The van der Waals surface area contributed by atoms with E-state index >= 15 is 0 Å². The molecule has 0 aromatic heterocycles. The van der Waals surface area contributed by atoms with Crippen molar-refractivity contribution in [2.75, 3.05) is 26.2 Å². The monoisotopic (exact) mass is 239 g/mol. The number of hydrogen-bond donors (Lipinski definition) is 0. The summed E-state index contributed by atoms with van der Waals surface area (Å²) in [5, 5.41) is 0. The molecule has 0 N–H and O–H groups in total. The third-order valence-corrected chi connectivity index (χ3v) is 4.18. The smallest absolute Gasteiger partial charge is 0.137 e. The lowest BCUT2D eigenvalue weighted by Crippen LogP contribution is -2.46. The Morgan fingerprint density at radius 1 is 1.47 bits per heavy atom. The first-order valence-electron chi connectivity index (χ1n) is 7.05. The zero-order valence-corrected chi connectivity index (χ0v) is 11.2. The standard InChI is InChI=1S/C14H25NO2/c1-3-13-10-15(6-7-17-13)9-12-8-11(2)4-5-14(12)16/h11-13H,3-10H2,1-2H3. The summed E-state index contributed by atoms with van der Waals surface area (Å²) in [5.41, 5.74) is 0. The first-order chi connectivity index (χ1) is 8.19. The fourth-order valence-corrected chi connectivity index (χ4v) is 3.01. The van der Waals surface area contributed by atoms with E-state index in [1.807, 2.05) is 0 Å². The van der Waals surface area contributed by atoms with Gasteiger partial charge in [-0.15, -0.1) is 0 Å². The summed E-state index contributed by atoms with van der Waals surface area (Å²) in [6, 6.07) is 0. The number of nitrogens with zero attached hydrogens (tertiary/aromatic N) is 1. The Morgan fingerprint density at radius 3 is 3.06 bits per heavy atom. The highest BCUT2D eigenvalue weighted by Crippen LogP contribution is 2.27. The summed E-state index contributed by atoms with van der Waals surface area (Å²) in [5.74, 6) is 1.50. The quantitative estimate of drug-likeness (QED) is 0.755. The second-order valence-corrected chi connectivity index (χ2v) is 5.70. The van der Waals surface area contributed by atoms with Crippen LogP contribution in [0.2, 0.25) is 0 Å². The molecule has 0 aromatic carbocycles. The molecule has 0 radical (unpaired) electrons. The number of rotatable bonds is 3. The summed E-state index contributed by atoms with van der Waals surface area (Å²) in [7, 11) is 0. The van der Waals surface area contributed by atoms with Gasteiger partial charge in [-0.1, -0.05) is 13.8 Å². The van der Waals surface area contributed by atoms with Crippen molar-refractivity contribution in [2.24, 2.45) is 11.8 Å². The fourth-order valence-electron chi connectivity index (χ4n) is 3.01. The molecule has 3 unspecified atom stereocenters. The molecule has 1 aliphatic carbocycles. The van der Waals surface area contributed by atoms with Crippen LogP contribution in [0.25, 0.3) is 0 Å². The van der Waals surface area contributed by atoms with Gasteiger partial charge >= 0.3 is 0 Å². The maximum Gasteiger partial charge on any atom is 0.137 e. The molecule has 1 saturated heterocycles. The van der Waals surface area contributed by atoms with Crippen LogP contribution in [0, 0.1) is 11.8 Å². The average molecular weight is 239 g/mol. The lowest BCUT2D eigenvalue weighted by molar-refractivity contribution is -0.127. The van der Waals surface area contributed by atoms with Crippen molar-refractivity contribution in [2.45, 2.75) is 45.6 Å². The third-order valence-electron chi connectivity index (χ3n) is 4.18. The largest absolute Gasteiger partial charge is 0.376 e. The molecule has 1 saturated carbocycles. The Bertz CT molecular complexity index is 267. The molecule has 2 aliphatic rings. The van der Waals surface area contributed by atoms with Gasteiger partial charge in [0.15, 0.2) is 0 Å². The Balaban J connectivity index is 1.84. The van der Waals surface area contributed by atoms with Crippen molar-refractivity contribution in [3.63, 3.8) is 0 Å². The summed E-state index contributed by atoms with van der Waals surface area (Å²) >= 11 is 0. The highest BCUT2D eigenvalue weighted by atomic mass is 16.5. The van der Waals surface area contributed by atoms with Gasteiger partial charge < -0.3 is 4.74 Å². The number of hydrogen-bond acceptors (Lipinski definition) is 3. The lowest BCUT2D eigenvalue weighted by atomic mass is 9.81. The van der Waals surface area contributed by atoms with Crippen molar-refractivity contribution >= 4 is 5.78 Å². The molecule has 3 nitrogen and oxygen atoms in total. The topological polar surface area (TPSA) is 29.5 Å². The zero-order valence-electron chi connectivity index (χ0n) is 11.2. The molecule has 2 fully saturated rings. The zero-order chi connectivity index (χ0) is 12.3. The normalized spacial score (nSPS) is 36.1. The molecule has 0 bridgehead atoms. The molecule has 3 heteroatoms. The van der Waals surface area contributed by atoms with E-state index in [-0.39, 0.29) is 5.92 Å². The van der Waals surface area contributed by atoms with E-state index in [4.69, 9.17) is 4.74 Å². The van der Waals surface area contributed by atoms with Gasteiger partial charge in [0.2, 0.25) is 0 Å². The van der Waals surface area contributed by atoms with Crippen LogP contribution in [0.4, 0.5) is 0 Å². The van der Waals surface area contributed by atoms with E-state index in [0.717, 1.165) is 57.8 Å². The van der Waals surface area contributed by atoms with E-state index in [1.54, 1.807) is 0 Å². The van der Waals surface area contributed by atoms with Crippen LogP contribution in [0.3, 0.4) is 0 Å². The fraction of sp³-hybridized carbons (Fsp3) is 0.929. The maximum absolute atomic E-state index is 11.9. The van der Waals surface area contributed by atoms with E-state index in [2.05, 4.69) is 18.7 Å². The van der Waals surface area contributed by atoms with Gasteiger partial charge in [0.25, 0.3) is 0 Å². The van der Waals surface area contributed by atoms with Crippen LogP contribution in [0.15, 0.2) is 0 Å². The molecule has 0 amide bonds. The van der Waals surface area contributed by atoms with Gasteiger partial charge in [-0.05, 0) is 25.2 Å². The first-order valence-corrected chi connectivity index (χ1v) is 7.05. The summed E-state index contributed by atoms with van der Waals surface area (Å²) in [6.45, 7) is 8.23. The molecule has 1 heterocycles. The van der Waals surface area contributed by atoms with Crippen molar-refractivity contribution in [1.82, 2.24) is 4.90 Å². The van der Waals surface area contributed by atoms with Gasteiger partial charge in [-0.2, -0.15) is 0 Å². The second kappa shape index (κ2) is 5.96. The Kier molecular flexibility index (Phi) is 4.57. The van der Waals surface area contributed by atoms with Crippen LogP contribution >= 0.6 is 0 Å². The van der Waals surface area contributed by atoms with Crippen molar-refractivity contribution in [1.29, 1.82) is 0 Å². The van der Waals surface area contributed by atoms with E-state index in [1.165, 1.54) is 0 Å². The van der Waals surface area contributed by atoms with E-state index < -0.39 is 0 Å². The minimum Gasteiger partial charge on any atom is -0.376 e. The SMILES string of the molecule is CCC1CN(CC2CC(C)CCC2=O)CCO1. The number of ketones is 1. The highest BCUT2D eigenvalue weighted by Gasteiger charge is 2.29. The van der Waals surface area contributed by atoms with Gasteiger partial charge in [0, 0.05) is 32.0 Å². The van der Waals surface area contributed by atoms with Gasteiger partial charge in [0.05, 0.1) is 12.7 Å². The molecule has 1 aliphatic heterocycles. The van der Waals surface area contributed by atoms with Crippen molar-refractivity contribution in [3.05, 3.63) is 0 Å². The van der Waals surface area contributed by atoms with Crippen LogP contribution in [-0.2, 0) is 9.53 Å². The number of morpholine rings is 1. The number of carbonyl (C=O) groups excluding carboxylic acids is 1. The number of Topliss-reactive ketones (excluding diaryl/α,β-unsaturated/α-hetero) is 1. The van der Waals surface area contributed by atoms with Crippen LogP contribution in [-0.4, -0.2) is 43.0 Å². The molecule has 17 heavy (non-hydrogen) atoms. The number of carbonyl (C=O) groups is 1. The molecule has 0 aromatic rings. The van der Waals surface area contributed by atoms with Gasteiger partial charge in [-0.25, -0.2) is 0 Å². The van der Waals surface area contributed by atoms with E-state index in [0.29, 0.717) is 11.9 Å².